The van der Waals surface area contributed by atoms with Gasteiger partial charge in [-0.2, -0.15) is 0 Å². The molecule has 1 aromatic carbocycles. The van der Waals surface area contributed by atoms with Crippen LogP contribution in [0.2, 0.25) is 0 Å². The lowest BCUT2D eigenvalue weighted by molar-refractivity contribution is -0.483. The lowest BCUT2D eigenvalue weighted by Crippen LogP contribution is -2.34. The second-order valence-electron chi connectivity index (χ2n) is 4.35. The van der Waals surface area contributed by atoms with E-state index in [9.17, 15) is 18.7 Å². The number of hydrogen-bond donors (Lipinski definition) is 1. The molecule has 3 atom stereocenters. The molecule has 1 aromatic rings. The molecule has 0 aromatic heterocycles. The molecule has 0 bridgehead atoms. The van der Waals surface area contributed by atoms with E-state index in [1.165, 1.54) is 12.1 Å². The minimum atomic E-state index is -1.46. The lowest BCUT2D eigenvalue weighted by atomic mass is 10.1. The van der Waals surface area contributed by atoms with Crippen LogP contribution in [0.3, 0.4) is 0 Å². The number of rotatable bonds is 7. The van der Waals surface area contributed by atoms with E-state index >= 15 is 0 Å². The van der Waals surface area contributed by atoms with Gasteiger partial charge in [-0.05, 0) is 35.3 Å². The smallest absolute Gasteiger partial charge is 0.224 e. The van der Waals surface area contributed by atoms with Crippen molar-refractivity contribution in [3.05, 3.63) is 44.2 Å². The van der Waals surface area contributed by atoms with E-state index in [0.717, 1.165) is 0 Å². The Bertz CT molecular complexity index is 515. The van der Waals surface area contributed by atoms with Crippen LogP contribution in [0.4, 0.5) is 4.39 Å². The van der Waals surface area contributed by atoms with E-state index in [1.54, 1.807) is 13.0 Å². The molecule has 0 saturated carbocycles. The van der Waals surface area contributed by atoms with Crippen LogP contribution in [-0.2, 0) is 11.0 Å². The molecule has 0 spiro atoms. The molecule has 112 valence electrons. The summed E-state index contributed by atoms with van der Waals surface area (Å²) in [6.45, 7) is 3.10. The first-order valence-electron chi connectivity index (χ1n) is 6.09. The van der Waals surface area contributed by atoms with E-state index in [-0.39, 0.29) is 15.3 Å². The van der Waals surface area contributed by atoms with Crippen LogP contribution in [0, 0.1) is 15.9 Å². The van der Waals surface area contributed by atoms with Crippen molar-refractivity contribution in [2.24, 2.45) is 0 Å². The van der Waals surface area contributed by atoms with Gasteiger partial charge in [-0.3, -0.25) is 10.1 Å². The standard InChI is InChI=1S/C12H16BrFN2O3S/c1-3-8(2)20(19)15-11(7-16(17)18)9-5-4-6-10(13)12(9)14/h4-6,8,11,15H,3,7H2,1-2H3/t8-,11+,20?/m0/s1. The van der Waals surface area contributed by atoms with Gasteiger partial charge in [0.15, 0.2) is 0 Å². The van der Waals surface area contributed by atoms with Gasteiger partial charge < -0.3 is 0 Å². The summed E-state index contributed by atoms with van der Waals surface area (Å²) in [5.41, 5.74) is 0.132. The highest BCUT2D eigenvalue weighted by atomic mass is 79.9. The molecule has 1 unspecified atom stereocenters. The fourth-order valence-electron chi connectivity index (χ4n) is 1.55. The second-order valence-corrected chi connectivity index (χ2v) is 6.83. The van der Waals surface area contributed by atoms with Gasteiger partial charge >= 0.3 is 0 Å². The van der Waals surface area contributed by atoms with Crippen molar-refractivity contribution < 1.29 is 13.5 Å². The molecule has 8 heteroatoms. The zero-order valence-electron chi connectivity index (χ0n) is 11.1. The van der Waals surface area contributed by atoms with Crippen LogP contribution < -0.4 is 4.72 Å². The van der Waals surface area contributed by atoms with Crippen molar-refractivity contribution in [2.45, 2.75) is 31.6 Å². The maximum atomic E-state index is 14.0. The molecule has 0 aliphatic carbocycles. The number of halogens is 2. The maximum Gasteiger partial charge on any atom is 0.224 e. The summed E-state index contributed by atoms with van der Waals surface area (Å²) in [4.78, 5) is 10.2. The van der Waals surface area contributed by atoms with Crippen molar-refractivity contribution in [2.75, 3.05) is 6.54 Å². The van der Waals surface area contributed by atoms with Gasteiger partial charge in [-0.1, -0.05) is 19.1 Å². The molecular formula is C12H16BrFN2O3S. The molecule has 0 aliphatic heterocycles. The minimum absolute atomic E-state index is 0.132. The highest BCUT2D eigenvalue weighted by molar-refractivity contribution is 9.10. The molecule has 20 heavy (non-hydrogen) atoms. The highest BCUT2D eigenvalue weighted by Crippen LogP contribution is 2.24. The van der Waals surface area contributed by atoms with Crippen LogP contribution >= 0.6 is 15.9 Å². The van der Waals surface area contributed by atoms with Gasteiger partial charge in [0, 0.05) is 15.7 Å². The van der Waals surface area contributed by atoms with Gasteiger partial charge in [0.05, 0.1) is 15.5 Å². The first kappa shape index (κ1) is 17.2. The largest absolute Gasteiger partial charge is 0.264 e. The Balaban J connectivity index is 3.03. The third-order valence-corrected chi connectivity index (χ3v) is 5.08. The van der Waals surface area contributed by atoms with E-state index in [1.807, 2.05) is 6.92 Å². The molecule has 0 heterocycles. The van der Waals surface area contributed by atoms with Crippen molar-refractivity contribution in [3.63, 3.8) is 0 Å². The Hall–Kier alpha value is -0.860. The Morgan fingerprint density at radius 3 is 2.75 bits per heavy atom. The summed E-state index contributed by atoms with van der Waals surface area (Å²) in [6.07, 6.45) is 0.658. The summed E-state index contributed by atoms with van der Waals surface area (Å²) in [7, 11) is -1.46. The van der Waals surface area contributed by atoms with Crippen molar-refractivity contribution in [3.8, 4) is 0 Å². The van der Waals surface area contributed by atoms with E-state index in [0.29, 0.717) is 6.42 Å². The van der Waals surface area contributed by atoms with Gasteiger partial charge in [0.1, 0.15) is 11.9 Å². The number of hydrogen-bond acceptors (Lipinski definition) is 3. The van der Waals surface area contributed by atoms with Gasteiger partial charge in [0.2, 0.25) is 6.54 Å². The van der Waals surface area contributed by atoms with E-state index in [4.69, 9.17) is 0 Å². The molecule has 0 saturated heterocycles. The molecule has 0 radical (unpaired) electrons. The molecule has 1 N–H and O–H groups in total. The predicted molar refractivity (Wildman–Crippen MR) is 79.7 cm³/mol. The zero-order valence-corrected chi connectivity index (χ0v) is 13.5. The monoisotopic (exact) mass is 366 g/mol. The Morgan fingerprint density at radius 2 is 2.20 bits per heavy atom. The molecule has 1 rings (SSSR count). The fourth-order valence-corrected chi connectivity index (χ4v) is 2.94. The third-order valence-electron chi connectivity index (χ3n) is 2.89. The fraction of sp³-hybridized carbons (Fsp3) is 0.500. The Labute approximate surface area is 127 Å². The van der Waals surface area contributed by atoms with Crippen LogP contribution in [0.25, 0.3) is 0 Å². The summed E-state index contributed by atoms with van der Waals surface area (Å²) >= 11 is 3.04. The average Bonchev–Trinajstić information content (AvgIpc) is 2.39. The average molecular weight is 367 g/mol. The van der Waals surface area contributed by atoms with Crippen LogP contribution in [-0.4, -0.2) is 20.9 Å². The number of nitrogens with zero attached hydrogens (tertiary/aromatic N) is 1. The number of nitro groups is 1. The highest BCUT2D eigenvalue weighted by Gasteiger charge is 2.25. The zero-order chi connectivity index (χ0) is 15.3. The first-order valence-corrected chi connectivity index (χ1v) is 8.09. The lowest BCUT2D eigenvalue weighted by Gasteiger charge is -2.18. The first-order chi connectivity index (χ1) is 9.36. The predicted octanol–water partition coefficient (Wildman–Crippen LogP) is 2.96. The van der Waals surface area contributed by atoms with Gasteiger partial charge in [-0.25, -0.2) is 13.3 Å². The molecule has 0 fully saturated rings. The molecule has 0 amide bonds. The van der Waals surface area contributed by atoms with Gasteiger partial charge in [-0.15, -0.1) is 0 Å². The Kier molecular flexibility index (Phi) is 6.70. The molecule has 5 nitrogen and oxygen atoms in total. The quantitative estimate of drug-likeness (QED) is 0.595. The van der Waals surface area contributed by atoms with E-state index in [2.05, 4.69) is 20.7 Å². The SMILES string of the molecule is CC[C@H](C)S(=O)N[C@H](C[N+](=O)[O-])c1cccc(Br)c1F. The number of benzene rings is 1. The van der Waals surface area contributed by atoms with Crippen molar-refractivity contribution in [1.29, 1.82) is 0 Å². The summed E-state index contributed by atoms with van der Waals surface area (Å²) in [5.74, 6) is -0.576. The maximum absolute atomic E-state index is 14.0. The normalized spacial score (nSPS) is 15.6. The summed E-state index contributed by atoms with van der Waals surface area (Å²) < 4.78 is 28.9. The summed E-state index contributed by atoms with van der Waals surface area (Å²) in [6, 6.07) is 3.61. The van der Waals surface area contributed by atoms with Crippen molar-refractivity contribution >= 4 is 26.9 Å². The topological polar surface area (TPSA) is 72.2 Å². The Morgan fingerprint density at radius 1 is 1.55 bits per heavy atom. The van der Waals surface area contributed by atoms with Gasteiger partial charge in [0.25, 0.3) is 0 Å². The third kappa shape index (κ3) is 4.60. The number of nitrogens with one attached hydrogen (secondary N) is 1. The second kappa shape index (κ2) is 7.80. The van der Waals surface area contributed by atoms with Crippen LogP contribution in [0.15, 0.2) is 22.7 Å². The van der Waals surface area contributed by atoms with E-state index < -0.39 is 34.3 Å². The minimum Gasteiger partial charge on any atom is -0.264 e. The molecular weight excluding hydrogens is 351 g/mol. The van der Waals surface area contributed by atoms with Crippen LogP contribution in [0.1, 0.15) is 31.9 Å². The van der Waals surface area contributed by atoms with Crippen molar-refractivity contribution in [1.82, 2.24) is 4.72 Å². The summed E-state index contributed by atoms with van der Waals surface area (Å²) in [5, 5.41) is 10.6. The molecule has 0 aliphatic rings. The van der Waals surface area contributed by atoms with Crippen LogP contribution in [0.5, 0.6) is 0 Å².